The molecule has 0 spiro atoms. The number of nitrogens with zero attached hydrogens (tertiary/aromatic N) is 1. The Hall–Kier alpha value is -5.66. The van der Waals surface area contributed by atoms with E-state index in [1.54, 1.807) is 0 Å². The molecule has 7 aromatic rings. The molecule has 0 amide bonds. The van der Waals surface area contributed by atoms with Crippen LogP contribution in [-0.4, -0.2) is 0 Å². The third kappa shape index (κ3) is 4.46. The van der Waals surface area contributed by atoms with Crippen LogP contribution < -0.4 is 4.90 Å². The van der Waals surface area contributed by atoms with Crippen molar-refractivity contribution in [3.63, 3.8) is 0 Å². The molecular formula is C48H39N. The highest BCUT2D eigenvalue weighted by molar-refractivity contribution is 6.10. The van der Waals surface area contributed by atoms with Gasteiger partial charge in [-0.25, -0.2) is 0 Å². The molecule has 0 aromatic heterocycles. The largest absolute Gasteiger partial charge is 0.309 e. The molecule has 1 heteroatoms. The Morgan fingerprint density at radius 3 is 1.88 bits per heavy atom. The Bertz CT molecular complexity index is 2490. The standard InChI is InChI=1S/C48H39N/c1-47(2)41-23-13-12-22-39(41)45-46(47)40-29-26-32(31-42(40)48(45,3)4)25-27-34-28-30-44(38-21-11-10-19-36(34)38)49(35-17-6-5-7-18-35)43-24-14-16-33-15-8-9-20-37(33)43/h5-31H,1-4H3. The van der Waals surface area contributed by atoms with Gasteiger partial charge in [0.05, 0.1) is 11.4 Å². The lowest BCUT2D eigenvalue weighted by Gasteiger charge is -2.28. The van der Waals surface area contributed by atoms with E-state index >= 15 is 0 Å². The van der Waals surface area contributed by atoms with Crippen LogP contribution in [0.5, 0.6) is 0 Å². The zero-order valence-electron chi connectivity index (χ0n) is 28.5. The Kier molecular flexibility index (Phi) is 6.58. The first-order chi connectivity index (χ1) is 23.8. The highest BCUT2D eigenvalue weighted by Crippen LogP contribution is 2.62. The second-order valence-corrected chi connectivity index (χ2v) is 14.6. The molecule has 0 heterocycles. The minimum Gasteiger partial charge on any atom is -0.309 e. The lowest BCUT2D eigenvalue weighted by molar-refractivity contribution is 0.694. The number of allylic oxidation sites excluding steroid dienone is 2. The van der Waals surface area contributed by atoms with E-state index in [9.17, 15) is 0 Å². The van der Waals surface area contributed by atoms with Gasteiger partial charge in [-0.05, 0) is 79.6 Å². The lowest BCUT2D eigenvalue weighted by Crippen LogP contribution is -2.19. The van der Waals surface area contributed by atoms with Crippen LogP contribution in [0, 0.1) is 0 Å². The van der Waals surface area contributed by atoms with Gasteiger partial charge in [0.25, 0.3) is 0 Å². The zero-order chi connectivity index (χ0) is 33.3. The van der Waals surface area contributed by atoms with Crippen molar-refractivity contribution in [2.24, 2.45) is 0 Å². The zero-order valence-corrected chi connectivity index (χ0v) is 28.5. The van der Waals surface area contributed by atoms with E-state index in [0.717, 1.165) is 11.4 Å². The van der Waals surface area contributed by atoms with Gasteiger partial charge in [-0.3, -0.25) is 0 Å². The van der Waals surface area contributed by atoms with Crippen molar-refractivity contribution in [1.29, 1.82) is 0 Å². The maximum Gasteiger partial charge on any atom is 0.0540 e. The number of rotatable bonds is 5. The predicted octanol–water partition coefficient (Wildman–Crippen LogP) is 13.1. The third-order valence-corrected chi connectivity index (χ3v) is 11.0. The average molecular weight is 630 g/mol. The summed E-state index contributed by atoms with van der Waals surface area (Å²) in [7, 11) is 0. The van der Waals surface area contributed by atoms with Crippen LogP contribution >= 0.6 is 0 Å². The van der Waals surface area contributed by atoms with Gasteiger partial charge >= 0.3 is 0 Å². The lowest BCUT2D eigenvalue weighted by atomic mass is 9.75. The van der Waals surface area contributed by atoms with Gasteiger partial charge in [-0.1, -0.05) is 167 Å². The van der Waals surface area contributed by atoms with Crippen LogP contribution in [0.2, 0.25) is 0 Å². The second-order valence-electron chi connectivity index (χ2n) is 14.6. The minimum absolute atomic E-state index is 0.00780. The van der Waals surface area contributed by atoms with Crippen LogP contribution in [-0.2, 0) is 10.8 Å². The van der Waals surface area contributed by atoms with Gasteiger partial charge in [0.2, 0.25) is 0 Å². The molecule has 0 saturated carbocycles. The smallest absolute Gasteiger partial charge is 0.0540 e. The maximum absolute atomic E-state index is 2.43. The number of para-hydroxylation sites is 1. The number of fused-ring (bicyclic) bond motifs is 6. The Morgan fingerprint density at radius 2 is 1.06 bits per heavy atom. The van der Waals surface area contributed by atoms with Crippen molar-refractivity contribution in [2.45, 2.75) is 38.5 Å². The van der Waals surface area contributed by atoms with Crippen molar-refractivity contribution in [1.82, 2.24) is 0 Å². The van der Waals surface area contributed by atoms with Gasteiger partial charge in [0.1, 0.15) is 0 Å². The van der Waals surface area contributed by atoms with Gasteiger partial charge in [-0.2, -0.15) is 0 Å². The van der Waals surface area contributed by atoms with Crippen molar-refractivity contribution < 1.29 is 0 Å². The van der Waals surface area contributed by atoms with E-state index in [1.165, 1.54) is 71.8 Å². The topological polar surface area (TPSA) is 3.24 Å². The SMILES string of the molecule is CC1(C)C2=C(c3ccccc31)C(C)(C)c1cc(C=Cc3ccc(N(c4ccccc4)c4cccc5ccccc45)c4ccccc34)ccc12. The normalized spacial score (nSPS) is 15.5. The Labute approximate surface area is 289 Å². The molecule has 0 bridgehead atoms. The monoisotopic (exact) mass is 629 g/mol. The molecule has 49 heavy (non-hydrogen) atoms. The maximum atomic E-state index is 2.43. The minimum atomic E-state index is -0.0603. The highest BCUT2D eigenvalue weighted by Gasteiger charge is 2.49. The average Bonchev–Trinajstić information content (AvgIpc) is 3.53. The van der Waals surface area contributed by atoms with Crippen LogP contribution in [0.15, 0.2) is 152 Å². The summed E-state index contributed by atoms with van der Waals surface area (Å²) >= 11 is 0. The summed E-state index contributed by atoms with van der Waals surface area (Å²) in [5.74, 6) is 0. The van der Waals surface area contributed by atoms with Crippen LogP contribution in [0.4, 0.5) is 17.1 Å². The summed E-state index contributed by atoms with van der Waals surface area (Å²) in [6, 6.07) is 55.5. The molecule has 0 N–H and O–H groups in total. The van der Waals surface area contributed by atoms with Gasteiger partial charge in [0.15, 0.2) is 0 Å². The van der Waals surface area contributed by atoms with Crippen LogP contribution in [0.1, 0.15) is 61.1 Å². The number of anilines is 3. The first-order valence-electron chi connectivity index (χ1n) is 17.4. The molecular weight excluding hydrogens is 591 g/mol. The van der Waals surface area contributed by atoms with E-state index in [-0.39, 0.29) is 10.8 Å². The summed E-state index contributed by atoms with van der Waals surface area (Å²) < 4.78 is 0. The Balaban J connectivity index is 1.13. The summed E-state index contributed by atoms with van der Waals surface area (Å²) in [6.07, 6.45) is 4.58. The summed E-state index contributed by atoms with van der Waals surface area (Å²) in [4.78, 5) is 2.41. The van der Waals surface area contributed by atoms with Crippen molar-refractivity contribution in [2.75, 3.05) is 4.90 Å². The number of hydrogen-bond acceptors (Lipinski definition) is 1. The molecule has 9 rings (SSSR count). The highest BCUT2D eigenvalue weighted by atomic mass is 15.1. The fraction of sp³-hybridized carbons (Fsp3) is 0.125. The molecule has 1 nitrogen and oxygen atoms in total. The first kappa shape index (κ1) is 29.5. The van der Waals surface area contributed by atoms with Crippen LogP contribution in [0.3, 0.4) is 0 Å². The molecule has 2 aliphatic rings. The molecule has 0 unspecified atom stereocenters. The fourth-order valence-electron chi connectivity index (χ4n) is 8.70. The van der Waals surface area contributed by atoms with E-state index in [0.29, 0.717) is 0 Å². The molecule has 2 aliphatic carbocycles. The van der Waals surface area contributed by atoms with E-state index < -0.39 is 0 Å². The van der Waals surface area contributed by atoms with E-state index in [1.807, 2.05) is 0 Å². The van der Waals surface area contributed by atoms with E-state index in [4.69, 9.17) is 0 Å². The van der Waals surface area contributed by atoms with Crippen molar-refractivity contribution in [3.8, 4) is 0 Å². The fourth-order valence-corrected chi connectivity index (χ4v) is 8.70. The first-order valence-corrected chi connectivity index (χ1v) is 17.4. The molecule has 236 valence electrons. The molecule has 0 saturated heterocycles. The number of hydrogen-bond donors (Lipinski definition) is 0. The van der Waals surface area contributed by atoms with Crippen molar-refractivity contribution >= 4 is 61.9 Å². The molecule has 7 aromatic carbocycles. The Morgan fingerprint density at radius 1 is 0.449 bits per heavy atom. The summed E-state index contributed by atoms with van der Waals surface area (Å²) in [6.45, 7) is 9.59. The molecule has 0 fully saturated rings. The number of benzene rings is 7. The molecule has 0 atom stereocenters. The second kappa shape index (κ2) is 10.9. The van der Waals surface area contributed by atoms with Crippen molar-refractivity contribution in [3.05, 3.63) is 185 Å². The molecule has 0 radical (unpaired) electrons. The van der Waals surface area contributed by atoms with Gasteiger partial charge in [-0.15, -0.1) is 0 Å². The molecule has 0 aliphatic heterocycles. The van der Waals surface area contributed by atoms with E-state index in [2.05, 4.69) is 196 Å². The van der Waals surface area contributed by atoms with Gasteiger partial charge in [0, 0.05) is 27.3 Å². The predicted molar refractivity (Wildman–Crippen MR) is 211 cm³/mol. The van der Waals surface area contributed by atoms with Gasteiger partial charge < -0.3 is 4.90 Å². The van der Waals surface area contributed by atoms with Crippen LogP contribution in [0.25, 0.3) is 44.8 Å². The summed E-state index contributed by atoms with van der Waals surface area (Å²) in [5.41, 5.74) is 14.5. The quantitative estimate of drug-likeness (QED) is 0.171. The summed E-state index contributed by atoms with van der Waals surface area (Å²) in [5, 5.41) is 4.92. The third-order valence-electron chi connectivity index (χ3n) is 11.0.